The number of aryl methyl sites for hydroxylation is 1. The van der Waals surface area contributed by atoms with Crippen molar-refractivity contribution in [2.24, 2.45) is 0 Å². The number of hydrogen-bond acceptors (Lipinski definition) is 4. The summed E-state index contributed by atoms with van der Waals surface area (Å²) in [6.07, 6.45) is 7.67. The summed E-state index contributed by atoms with van der Waals surface area (Å²) in [6.45, 7) is 4.93. The highest BCUT2D eigenvalue weighted by Crippen LogP contribution is 2.21. The lowest BCUT2D eigenvalue weighted by atomic mass is 10.1. The fourth-order valence-electron chi connectivity index (χ4n) is 2.09. The average molecular weight is 229 g/mol. The maximum atomic E-state index is 4.26. The second-order valence-electron chi connectivity index (χ2n) is 4.47. The molecule has 3 rings (SSSR count). The van der Waals surface area contributed by atoms with Gasteiger partial charge in [0.05, 0.1) is 6.04 Å². The highest BCUT2D eigenvalue weighted by atomic mass is 15.4. The Morgan fingerprint density at radius 3 is 2.71 bits per heavy atom. The molecule has 0 aromatic carbocycles. The molecule has 2 aromatic rings. The molecule has 88 valence electrons. The van der Waals surface area contributed by atoms with Crippen LogP contribution in [0.1, 0.15) is 17.4 Å². The first-order chi connectivity index (χ1) is 8.31. The minimum absolute atomic E-state index is 0.524. The molecule has 0 radical (unpaired) electrons. The number of likely N-dealkylation sites (tertiary alicyclic amines) is 1. The largest absolute Gasteiger partial charge is 0.295 e. The average Bonchev–Trinajstić information content (AvgIpc) is 2.78. The summed E-state index contributed by atoms with van der Waals surface area (Å²) in [5.74, 6) is 0.826. The smallest absolute Gasteiger partial charge is 0.125 e. The van der Waals surface area contributed by atoms with E-state index in [1.807, 2.05) is 42.5 Å². The van der Waals surface area contributed by atoms with E-state index in [1.54, 1.807) is 0 Å². The van der Waals surface area contributed by atoms with Gasteiger partial charge in [-0.1, -0.05) is 0 Å². The van der Waals surface area contributed by atoms with Crippen LogP contribution in [0.2, 0.25) is 0 Å². The molecule has 5 heteroatoms. The summed E-state index contributed by atoms with van der Waals surface area (Å²) < 4.78 is 2.03. The summed E-state index contributed by atoms with van der Waals surface area (Å²) in [7, 11) is 0. The maximum absolute atomic E-state index is 4.26. The van der Waals surface area contributed by atoms with Crippen molar-refractivity contribution < 1.29 is 0 Å². The minimum atomic E-state index is 0.524. The Hall–Kier alpha value is -1.75. The van der Waals surface area contributed by atoms with Crippen molar-refractivity contribution in [3.8, 4) is 0 Å². The van der Waals surface area contributed by atoms with Crippen LogP contribution in [-0.2, 0) is 6.54 Å². The SMILES string of the molecule is Cc1ncc(CN2CC(n3cccn3)C2)cn1. The minimum Gasteiger partial charge on any atom is -0.295 e. The number of nitrogens with zero attached hydrogens (tertiary/aromatic N) is 5. The third-order valence-electron chi connectivity index (χ3n) is 3.08. The second-order valence-corrected chi connectivity index (χ2v) is 4.47. The van der Waals surface area contributed by atoms with E-state index in [0.29, 0.717) is 6.04 Å². The molecule has 0 saturated carbocycles. The van der Waals surface area contributed by atoms with E-state index in [0.717, 1.165) is 25.5 Å². The van der Waals surface area contributed by atoms with E-state index in [2.05, 4.69) is 20.0 Å². The zero-order valence-electron chi connectivity index (χ0n) is 9.82. The van der Waals surface area contributed by atoms with E-state index < -0.39 is 0 Å². The molecular weight excluding hydrogens is 214 g/mol. The van der Waals surface area contributed by atoms with Crippen molar-refractivity contribution >= 4 is 0 Å². The van der Waals surface area contributed by atoms with Crippen molar-refractivity contribution in [2.75, 3.05) is 13.1 Å². The molecule has 0 spiro atoms. The fraction of sp³-hybridized carbons (Fsp3) is 0.417. The van der Waals surface area contributed by atoms with Gasteiger partial charge in [0.25, 0.3) is 0 Å². The van der Waals surface area contributed by atoms with Crippen LogP contribution >= 0.6 is 0 Å². The molecule has 1 aliphatic heterocycles. The zero-order valence-corrected chi connectivity index (χ0v) is 9.82. The van der Waals surface area contributed by atoms with Crippen LogP contribution < -0.4 is 0 Å². The topological polar surface area (TPSA) is 46.8 Å². The summed E-state index contributed by atoms with van der Waals surface area (Å²) in [5, 5.41) is 4.26. The van der Waals surface area contributed by atoms with E-state index in [9.17, 15) is 0 Å². The highest BCUT2D eigenvalue weighted by Gasteiger charge is 2.28. The molecular formula is C12H15N5. The van der Waals surface area contributed by atoms with E-state index in [1.165, 1.54) is 5.56 Å². The van der Waals surface area contributed by atoms with Crippen LogP contribution in [0.5, 0.6) is 0 Å². The van der Waals surface area contributed by atoms with Crippen molar-refractivity contribution in [2.45, 2.75) is 19.5 Å². The van der Waals surface area contributed by atoms with E-state index in [4.69, 9.17) is 0 Å². The first-order valence-corrected chi connectivity index (χ1v) is 5.80. The predicted octanol–water partition coefficient (Wildman–Crippen LogP) is 1.04. The zero-order chi connectivity index (χ0) is 11.7. The summed E-state index contributed by atoms with van der Waals surface area (Å²) in [4.78, 5) is 10.8. The van der Waals surface area contributed by atoms with Crippen molar-refractivity contribution in [3.05, 3.63) is 42.2 Å². The molecule has 0 N–H and O–H groups in total. The number of hydrogen-bond donors (Lipinski definition) is 0. The Bertz CT molecular complexity index is 470. The monoisotopic (exact) mass is 229 g/mol. The lowest BCUT2D eigenvalue weighted by molar-refractivity contribution is 0.0907. The fourth-order valence-corrected chi connectivity index (χ4v) is 2.09. The molecule has 0 amide bonds. The van der Waals surface area contributed by atoms with Gasteiger partial charge in [0.2, 0.25) is 0 Å². The third kappa shape index (κ3) is 2.19. The molecule has 3 heterocycles. The molecule has 0 unspecified atom stereocenters. The molecule has 1 fully saturated rings. The van der Waals surface area contributed by atoms with Gasteiger partial charge in [-0.05, 0) is 13.0 Å². The molecule has 0 bridgehead atoms. The van der Waals surface area contributed by atoms with Gasteiger partial charge < -0.3 is 0 Å². The summed E-state index contributed by atoms with van der Waals surface area (Å²) >= 11 is 0. The van der Waals surface area contributed by atoms with Gasteiger partial charge in [0, 0.05) is 50.0 Å². The van der Waals surface area contributed by atoms with Gasteiger partial charge >= 0.3 is 0 Å². The molecule has 0 aliphatic carbocycles. The van der Waals surface area contributed by atoms with Crippen LogP contribution in [-0.4, -0.2) is 37.7 Å². The van der Waals surface area contributed by atoms with Gasteiger partial charge in [-0.15, -0.1) is 0 Å². The van der Waals surface area contributed by atoms with E-state index in [-0.39, 0.29) is 0 Å². The quantitative estimate of drug-likeness (QED) is 0.789. The Labute approximate surface area is 100 Å². The number of rotatable bonds is 3. The van der Waals surface area contributed by atoms with Crippen LogP contribution in [0, 0.1) is 6.92 Å². The molecule has 2 aromatic heterocycles. The molecule has 1 aliphatic rings. The van der Waals surface area contributed by atoms with Crippen molar-refractivity contribution in [3.63, 3.8) is 0 Å². The molecule has 1 saturated heterocycles. The summed E-state index contributed by atoms with van der Waals surface area (Å²) in [5.41, 5.74) is 1.18. The van der Waals surface area contributed by atoms with Crippen LogP contribution in [0.3, 0.4) is 0 Å². The first kappa shape index (κ1) is 10.4. The van der Waals surface area contributed by atoms with Gasteiger partial charge in [0.1, 0.15) is 5.82 Å². The standard InChI is InChI=1S/C12H15N5/c1-10-13-5-11(6-14-10)7-16-8-12(9-16)17-4-2-3-15-17/h2-6,12H,7-9H2,1H3. The molecule has 17 heavy (non-hydrogen) atoms. The highest BCUT2D eigenvalue weighted by molar-refractivity contribution is 5.06. The third-order valence-corrected chi connectivity index (χ3v) is 3.08. The van der Waals surface area contributed by atoms with E-state index >= 15 is 0 Å². The predicted molar refractivity (Wildman–Crippen MR) is 63.3 cm³/mol. The van der Waals surface area contributed by atoms with Gasteiger partial charge in [0.15, 0.2) is 0 Å². The van der Waals surface area contributed by atoms with Crippen molar-refractivity contribution in [1.29, 1.82) is 0 Å². The summed E-state index contributed by atoms with van der Waals surface area (Å²) in [6, 6.07) is 2.49. The van der Waals surface area contributed by atoms with Crippen LogP contribution in [0.4, 0.5) is 0 Å². The van der Waals surface area contributed by atoms with Crippen LogP contribution in [0.15, 0.2) is 30.9 Å². The first-order valence-electron chi connectivity index (χ1n) is 5.80. The lowest BCUT2D eigenvalue weighted by Gasteiger charge is -2.39. The normalized spacial score (nSPS) is 17.0. The van der Waals surface area contributed by atoms with Gasteiger partial charge in [-0.3, -0.25) is 9.58 Å². The molecule has 0 atom stereocenters. The Morgan fingerprint density at radius 2 is 2.06 bits per heavy atom. The van der Waals surface area contributed by atoms with Crippen LogP contribution in [0.25, 0.3) is 0 Å². The Balaban J connectivity index is 1.55. The number of aromatic nitrogens is 4. The Kier molecular flexibility index (Phi) is 2.60. The molecule has 5 nitrogen and oxygen atoms in total. The maximum Gasteiger partial charge on any atom is 0.125 e. The van der Waals surface area contributed by atoms with Gasteiger partial charge in [-0.25, -0.2) is 9.97 Å². The van der Waals surface area contributed by atoms with Gasteiger partial charge in [-0.2, -0.15) is 5.10 Å². The second kappa shape index (κ2) is 4.25. The van der Waals surface area contributed by atoms with Crippen molar-refractivity contribution in [1.82, 2.24) is 24.6 Å². The Morgan fingerprint density at radius 1 is 1.29 bits per heavy atom. The lowest BCUT2D eigenvalue weighted by Crippen LogP contribution is -2.47.